The van der Waals surface area contributed by atoms with Gasteiger partial charge in [0.15, 0.2) is 0 Å². The lowest BCUT2D eigenvalue weighted by atomic mass is 10.2. The molecule has 0 aliphatic rings. The van der Waals surface area contributed by atoms with Crippen molar-refractivity contribution in [3.8, 4) is 6.01 Å². The summed E-state index contributed by atoms with van der Waals surface area (Å²) in [4.78, 5) is 12.4. The van der Waals surface area contributed by atoms with Gasteiger partial charge < -0.3 is 20.5 Å². The van der Waals surface area contributed by atoms with E-state index in [0.29, 0.717) is 18.4 Å². The van der Waals surface area contributed by atoms with Gasteiger partial charge in [-0.05, 0) is 12.8 Å². The summed E-state index contributed by atoms with van der Waals surface area (Å²) in [6.45, 7) is 5.28. The molecule has 0 aliphatic carbocycles. The maximum absolute atomic E-state index is 9.67. The Morgan fingerprint density at radius 2 is 1.79 bits per heavy atom. The molecule has 0 bridgehead atoms. The van der Waals surface area contributed by atoms with Gasteiger partial charge in [-0.3, -0.25) is 0 Å². The Labute approximate surface area is 113 Å². The van der Waals surface area contributed by atoms with Gasteiger partial charge in [-0.2, -0.15) is 15.0 Å². The number of nitrogens with zero attached hydrogens (tertiary/aromatic N) is 3. The first-order valence-electron chi connectivity index (χ1n) is 6.65. The molecular formula is C12H23N5O2. The lowest BCUT2D eigenvalue weighted by Crippen LogP contribution is -2.21. The second kappa shape index (κ2) is 8.47. The van der Waals surface area contributed by atoms with Crippen molar-refractivity contribution in [2.24, 2.45) is 0 Å². The lowest BCUT2D eigenvalue weighted by Gasteiger charge is -2.12. The quantitative estimate of drug-likeness (QED) is 0.621. The average molecular weight is 269 g/mol. The van der Waals surface area contributed by atoms with E-state index in [1.807, 2.05) is 6.92 Å². The molecule has 0 aliphatic heterocycles. The smallest absolute Gasteiger partial charge is 0.322 e. The molecule has 1 rings (SSSR count). The maximum Gasteiger partial charge on any atom is 0.322 e. The third kappa shape index (κ3) is 5.69. The minimum atomic E-state index is -0.403. The Kier molecular flexibility index (Phi) is 6.88. The van der Waals surface area contributed by atoms with Crippen LogP contribution in [0.25, 0.3) is 0 Å². The molecule has 3 N–H and O–H groups in total. The second-order valence-corrected chi connectivity index (χ2v) is 4.22. The van der Waals surface area contributed by atoms with E-state index in [1.165, 1.54) is 7.11 Å². The van der Waals surface area contributed by atoms with Crippen LogP contribution in [0.4, 0.5) is 11.9 Å². The monoisotopic (exact) mass is 269 g/mol. The topological polar surface area (TPSA) is 92.2 Å². The molecule has 1 aromatic rings. The van der Waals surface area contributed by atoms with Gasteiger partial charge in [0.25, 0.3) is 0 Å². The van der Waals surface area contributed by atoms with Gasteiger partial charge >= 0.3 is 6.01 Å². The summed E-state index contributed by atoms with van der Waals surface area (Å²) in [5, 5.41) is 15.7. The van der Waals surface area contributed by atoms with E-state index in [0.717, 1.165) is 25.8 Å². The van der Waals surface area contributed by atoms with Gasteiger partial charge in [-0.1, -0.05) is 20.3 Å². The fourth-order valence-corrected chi connectivity index (χ4v) is 1.49. The molecule has 1 atom stereocenters. The van der Waals surface area contributed by atoms with Crippen molar-refractivity contribution >= 4 is 11.9 Å². The van der Waals surface area contributed by atoms with Crippen molar-refractivity contribution in [2.45, 2.75) is 39.2 Å². The summed E-state index contributed by atoms with van der Waals surface area (Å²) >= 11 is 0. The second-order valence-electron chi connectivity index (χ2n) is 4.22. The summed E-state index contributed by atoms with van der Waals surface area (Å²) in [6.07, 6.45) is 2.26. The average Bonchev–Trinajstić information content (AvgIpc) is 2.43. The molecule has 1 heterocycles. The zero-order valence-corrected chi connectivity index (χ0v) is 11.8. The maximum atomic E-state index is 9.67. The number of nitrogens with one attached hydrogen (secondary N) is 2. The van der Waals surface area contributed by atoms with Crippen LogP contribution in [0.2, 0.25) is 0 Å². The molecule has 1 aromatic heterocycles. The highest BCUT2D eigenvalue weighted by Crippen LogP contribution is 2.11. The standard InChI is InChI=1S/C12H23N5O2/c1-4-6-9(18)8-14-11-15-10(13-7-5-2)16-12(17-11)19-3/h9,18H,4-8H2,1-3H3,(H2,13,14,15,16,17). The van der Waals surface area contributed by atoms with Crippen molar-refractivity contribution in [1.82, 2.24) is 15.0 Å². The highest BCUT2D eigenvalue weighted by atomic mass is 16.5. The molecule has 0 saturated heterocycles. The van der Waals surface area contributed by atoms with Crippen LogP contribution in [0.5, 0.6) is 6.01 Å². The molecule has 7 heteroatoms. The summed E-state index contributed by atoms with van der Waals surface area (Å²) < 4.78 is 5.03. The first-order valence-corrected chi connectivity index (χ1v) is 6.65. The number of rotatable bonds is 9. The number of ether oxygens (including phenoxy) is 1. The summed E-state index contributed by atoms with van der Waals surface area (Å²) in [6, 6.07) is 0.251. The molecule has 0 fully saturated rings. The summed E-state index contributed by atoms with van der Waals surface area (Å²) in [7, 11) is 1.51. The zero-order chi connectivity index (χ0) is 14.1. The van der Waals surface area contributed by atoms with Crippen molar-refractivity contribution in [3.05, 3.63) is 0 Å². The van der Waals surface area contributed by atoms with Crippen LogP contribution < -0.4 is 15.4 Å². The van der Waals surface area contributed by atoms with Crippen molar-refractivity contribution < 1.29 is 9.84 Å². The molecular weight excluding hydrogens is 246 g/mol. The van der Waals surface area contributed by atoms with Crippen LogP contribution in [0.3, 0.4) is 0 Å². The Hall–Kier alpha value is -1.63. The highest BCUT2D eigenvalue weighted by Gasteiger charge is 2.08. The van der Waals surface area contributed by atoms with Gasteiger partial charge in [-0.25, -0.2) is 0 Å². The number of aliphatic hydroxyl groups excluding tert-OH is 1. The first kappa shape index (κ1) is 15.4. The van der Waals surface area contributed by atoms with E-state index >= 15 is 0 Å². The van der Waals surface area contributed by atoms with Crippen LogP contribution in [-0.4, -0.2) is 46.4 Å². The number of anilines is 2. The molecule has 19 heavy (non-hydrogen) atoms. The third-order valence-electron chi connectivity index (χ3n) is 2.45. The summed E-state index contributed by atoms with van der Waals surface area (Å²) in [5.41, 5.74) is 0. The largest absolute Gasteiger partial charge is 0.467 e. The fourth-order valence-electron chi connectivity index (χ4n) is 1.49. The van der Waals surface area contributed by atoms with Gasteiger partial charge in [0, 0.05) is 13.1 Å². The molecule has 0 saturated carbocycles. The lowest BCUT2D eigenvalue weighted by molar-refractivity contribution is 0.176. The number of aromatic nitrogens is 3. The first-order chi connectivity index (χ1) is 9.19. The van der Waals surface area contributed by atoms with E-state index in [-0.39, 0.29) is 6.01 Å². The van der Waals surface area contributed by atoms with Gasteiger partial charge in [0.05, 0.1) is 13.2 Å². The highest BCUT2D eigenvalue weighted by molar-refractivity contribution is 5.35. The minimum Gasteiger partial charge on any atom is -0.467 e. The SMILES string of the molecule is CCCNc1nc(NCC(O)CCC)nc(OC)n1. The zero-order valence-electron chi connectivity index (χ0n) is 11.8. The third-order valence-corrected chi connectivity index (χ3v) is 2.45. The van der Waals surface area contributed by atoms with Crippen LogP contribution in [0.1, 0.15) is 33.1 Å². The van der Waals surface area contributed by atoms with Gasteiger partial charge in [0.1, 0.15) is 0 Å². The normalized spacial score (nSPS) is 12.0. The Bertz CT molecular complexity index is 375. The Morgan fingerprint density at radius 3 is 2.37 bits per heavy atom. The van der Waals surface area contributed by atoms with Crippen molar-refractivity contribution in [2.75, 3.05) is 30.8 Å². The number of aliphatic hydroxyl groups is 1. The van der Waals surface area contributed by atoms with Gasteiger partial charge in [0.2, 0.25) is 11.9 Å². The van der Waals surface area contributed by atoms with Crippen molar-refractivity contribution in [3.63, 3.8) is 0 Å². The molecule has 0 spiro atoms. The van der Waals surface area contributed by atoms with E-state index in [4.69, 9.17) is 4.74 Å². The predicted octanol–water partition coefficient (Wildman–Crippen LogP) is 1.28. The molecule has 0 amide bonds. The van der Waals surface area contributed by atoms with E-state index in [1.54, 1.807) is 0 Å². The van der Waals surface area contributed by atoms with Crippen LogP contribution in [0, 0.1) is 0 Å². The molecule has 0 radical (unpaired) electrons. The van der Waals surface area contributed by atoms with Gasteiger partial charge in [-0.15, -0.1) is 0 Å². The number of methoxy groups -OCH3 is 1. The van der Waals surface area contributed by atoms with Crippen LogP contribution in [-0.2, 0) is 0 Å². The van der Waals surface area contributed by atoms with E-state index in [9.17, 15) is 5.11 Å². The number of hydrogen-bond acceptors (Lipinski definition) is 7. The molecule has 0 aromatic carbocycles. The molecule has 7 nitrogen and oxygen atoms in total. The number of hydrogen-bond donors (Lipinski definition) is 3. The van der Waals surface area contributed by atoms with E-state index in [2.05, 4.69) is 32.5 Å². The van der Waals surface area contributed by atoms with Crippen LogP contribution in [0.15, 0.2) is 0 Å². The molecule has 108 valence electrons. The predicted molar refractivity (Wildman–Crippen MR) is 74.6 cm³/mol. The van der Waals surface area contributed by atoms with Crippen molar-refractivity contribution in [1.29, 1.82) is 0 Å². The summed E-state index contributed by atoms with van der Waals surface area (Å²) in [5.74, 6) is 0.877. The van der Waals surface area contributed by atoms with Crippen LogP contribution >= 0.6 is 0 Å². The van der Waals surface area contributed by atoms with E-state index < -0.39 is 6.10 Å². The Morgan fingerprint density at radius 1 is 1.11 bits per heavy atom. The minimum absolute atomic E-state index is 0.251. The molecule has 1 unspecified atom stereocenters. The Balaban J connectivity index is 2.65. The fraction of sp³-hybridized carbons (Fsp3) is 0.750.